The second-order valence-corrected chi connectivity index (χ2v) is 17.0. The van der Waals surface area contributed by atoms with E-state index in [9.17, 15) is 5.11 Å². The molecule has 8 rings (SSSR count). The molecule has 0 saturated heterocycles. The van der Waals surface area contributed by atoms with Crippen molar-refractivity contribution in [3.05, 3.63) is 120 Å². The standard InChI is InChI=1S/C46H45N3O2/c1-44(2,3)29-22-27(34-24-30(45(4,5)6)25-36(40(34)50)46(7,8)9)21-28(23-29)37-26-35-32-16-11-13-19-39(32)51-41(35)43(48-37)49-38-18-12-10-15-31(38)33-17-14-20-47-42(33)49/h10-26,50H,1-9H3. The van der Waals surface area contributed by atoms with Gasteiger partial charge in [0.05, 0.1) is 11.2 Å². The zero-order chi connectivity index (χ0) is 36.0. The number of benzene rings is 4. The Morgan fingerprint density at radius 2 is 1.25 bits per heavy atom. The molecule has 5 nitrogen and oxygen atoms in total. The Bertz CT molecular complexity index is 2600. The molecular formula is C46H45N3O2. The molecule has 0 saturated carbocycles. The van der Waals surface area contributed by atoms with E-state index in [0.29, 0.717) is 17.2 Å². The van der Waals surface area contributed by atoms with Crippen molar-refractivity contribution in [2.24, 2.45) is 0 Å². The molecule has 0 unspecified atom stereocenters. The Kier molecular flexibility index (Phi) is 7.26. The first-order chi connectivity index (χ1) is 24.1. The number of aromatic nitrogens is 3. The Labute approximate surface area is 299 Å². The highest BCUT2D eigenvalue weighted by molar-refractivity contribution is 6.12. The lowest BCUT2D eigenvalue weighted by molar-refractivity contribution is 0.446. The van der Waals surface area contributed by atoms with E-state index in [2.05, 4.69) is 146 Å². The number of phenols is 1. The lowest BCUT2D eigenvalue weighted by Crippen LogP contribution is -2.17. The minimum Gasteiger partial charge on any atom is -0.507 e. The summed E-state index contributed by atoms with van der Waals surface area (Å²) in [5.41, 5.74) is 9.73. The molecule has 0 aliphatic heterocycles. The fraction of sp³-hybridized carbons (Fsp3) is 0.261. The van der Waals surface area contributed by atoms with E-state index in [1.54, 1.807) is 0 Å². The summed E-state index contributed by atoms with van der Waals surface area (Å²) in [6.07, 6.45) is 1.83. The number of nitrogens with zero attached hydrogens (tertiary/aromatic N) is 3. The number of rotatable bonds is 3. The van der Waals surface area contributed by atoms with Crippen LogP contribution in [0.4, 0.5) is 0 Å². The van der Waals surface area contributed by atoms with E-state index >= 15 is 0 Å². The van der Waals surface area contributed by atoms with Gasteiger partial charge in [-0.2, -0.15) is 0 Å². The van der Waals surface area contributed by atoms with Crippen molar-refractivity contribution in [3.63, 3.8) is 0 Å². The highest BCUT2D eigenvalue weighted by Crippen LogP contribution is 2.45. The zero-order valence-corrected chi connectivity index (χ0v) is 31.0. The van der Waals surface area contributed by atoms with Crippen LogP contribution in [0.15, 0.2) is 108 Å². The molecule has 0 amide bonds. The van der Waals surface area contributed by atoms with Crippen LogP contribution in [0.3, 0.4) is 0 Å². The van der Waals surface area contributed by atoms with E-state index in [1.807, 2.05) is 24.4 Å². The molecule has 0 bridgehead atoms. The quantitative estimate of drug-likeness (QED) is 0.203. The van der Waals surface area contributed by atoms with Crippen LogP contribution in [0.1, 0.15) is 79.0 Å². The van der Waals surface area contributed by atoms with Crippen LogP contribution < -0.4 is 0 Å². The van der Waals surface area contributed by atoms with Gasteiger partial charge in [0.15, 0.2) is 11.4 Å². The molecule has 256 valence electrons. The topological polar surface area (TPSA) is 64.1 Å². The van der Waals surface area contributed by atoms with Crippen molar-refractivity contribution in [1.29, 1.82) is 0 Å². The molecule has 5 heteroatoms. The van der Waals surface area contributed by atoms with Crippen LogP contribution in [0.25, 0.3) is 72.1 Å². The number of hydrogen-bond acceptors (Lipinski definition) is 4. The summed E-state index contributed by atoms with van der Waals surface area (Å²) in [6, 6.07) is 33.8. The molecule has 0 aliphatic rings. The molecule has 0 radical (unpaired) electrons. The fourth-order valence-electron chi connectivity index (χ4n) is 7.24. The molecule has 0 fully saturated rings. The van der Waals surface area contributed by atoms with E-state index in [-0.39, 0.29) is 16.2 Å². The van der Waals surface area contributed by atoms with E-state index in [0.717, 1.165) is 71.8 Å². The summed E-state index contributed by atoms with van der Waals surface area (Å²) in [4.78, 5) is 10.3. The molecule has 0 atom stereocenters. The second-order valence-electron chi connectivity index (χ2n) is 17.0. The minimum atomic E-state index is -0.245. The normalized spacial score (nSPS) is 12.9. The van der Waals surface area contributed by atoms with E-state index in [1.165, 1.54) is 5.56 Å². The smallest absolute Gasteiger partial charge is 0.183 e. The summed E-state index contributed by atoms with van der Waals surface area (Å²) in [6.45, 7) is 19.9. The predicted molar refractivity (Wildman–Crippen MR) is 212 cm³/mol. The largest absolute Gasteiger partial charge is 0.507 e. The summed E-state index contributed by atoms with van der Waals surface area (Å²) >= 11 is 0. The molecule has 4 aromatic carbocycles. The number of phenolic OH excluding ortho intramolecular Hbond substituents is 1. The SMILES string of the molecule is CC(C)(C)c1cc(-c2cc3c(oc4ccccc43)c(-n3c4ccccc4c4cccnc43)n2)cc(-c2cc(C(C)(C)C)cc(C(C)(C)C)c2O)c1. The Morgan fingerprint density at radius 3 is 1.98 bits per heavy atom. The van der Waals surface area contributed by atoms with Gasteiger partial charge in [-0.1, -0.05) is 111 Å². The predicted octanol–water partition coefficient (Wildman–Crippen LogP) is 12.4. The van der Waals surface area contributed by atoms with Crippen molar-refractivity contribution in [2.75, 3.05) is 0 Å². The van der Waals surface area contributed by atoms with Crippen molar-refractivity contribution in [3.8, 4) is 34.0 Å². The molecule has 0 spiro atoms. The molecular weight excluding hydrogens is 627 g/mol. The van der Waals surface area contributed by atoms with Crippen molar-refractivity contribution < 1.29 is 9.52 Å². The highest BCUT2D eigenvalue weighted by Gasteiger charge is 2.27. The van der Waals surface area contributed by atoms with Crippen LogP contribution in [0.2, 0.25) is 0 Å². The third-order valence-corrected chi connectivity index (χ3v) is 10.2. The van der Waals surface area contributed by atoms with Gasteiger partial charge in [-0.05, 0) is 81.5 Å². The molecule has 51 heavy (non-hydrogen) atoms. The summed E-state index contributed by atoms with van der Waals surface area (Å²) < 4.78 is 8.77. The highest BCUT2D eigenvalue weighted by atomic mass is 16.3. The summed E-state index contributed by atoms with van der Waals surface area (Å²) in [5, 5.41) is 16.2. The average molecular weight is 672 g/mol. The van der Waals surface area contributed by atoms with Crippen LogP contribution in [-0.2, 0) is 16.2 Å². The van der Waals surface area contributed by atoms with Gasteiger partial charge in [-0.3, -0.25) is 4.57 Å². The third kappa shape index (κ3) is 5.47. The lowest BCUT2D eigenvalue weighted by atomic mass is 9.77. The minimum absolute atomic E-state index is 0.104. The van der Waals surface area contributed by atoms with Gasteiger partial charge < -0.3 is 9.52 Å². The number of furan rings is 1. The summed E-state index contributed by atoms with van der Waals surface area (Å²) in [5.74, 6) is 1.02. The van der Waals surface area contributed by atoms with E-state index < -0.39 is 0 Å². The molecule has 4 heterocycles. The number of fused-ring (bicyclic) bond motifs is 6. The van der Waals surface area contributed by atoms with Gasteiger partial charge in [0.2, 0.25) is 0 Å². The second kappa shape index (κ2) is 11.3. The Balaban J connectivity index is 1.47. The number of para-hydroxylation sites is 2. The molecule has 4 aromatic heterocycles. The average Bonchev–Trinajstić information content (AvgIpc) is 3.62. The van der Waals surface area contributed by atoms with E-state index in [4.69, 9.17) is 14.4 Å². The maximum absolute atomic E-state index is 12.0. The maximum Gasteiger partial charge on any atom is 0.183 e. The molecule has 1 N–H and O–H groups in total. The first-order valence-corrected chi connectivity index (χ1v) is 17.8. The van der Waals surface area contributed by atoms with Gasteiger partial charge in [-0.25, -0.2) is 9.97 Å². The number of aromatic hydroxyl groups is 1. The van der Waals surface area contributed by atoms with Crippen molar-refractivity contribution in [1.82, 2.24) is 14.5 Å². The zero-order valence-electron chi connectivity index (χ0n) is 31.0. The van der Waals surface area contributed by atoms with Gasteiger partial charge in [-0.15, -0.1) is 0 Å². The van der Waals surface area contributed by atoms with Gasteiger partial charge in [0, 0.05) is 44.4 Å². The van der Waals surface area contributed by atoms with Crippen molar-refractivity contribution >= 4 is 43.9 Å². The first kappa shape index (κ1) is 32.8. The first-order valence-electron chi connectivity index (χ1n) is 17.8. The van der Waals surface area contributed by atoms with Crippen LogP contribution in [0, 0.1) is 0 Å². The van der Waals surface area contributed by atoms with Crippen LogP contribution in [0.5, 0.6) is 5.75 Å². The van der Waals surface area contributed by atoms with Gasteiger partial charge in [0.25, 0.3) is 0 Å². The molecule has 0 aliphatic carbocycles. The Hall–Kier alpha value is -5.42. The Morgan fingerprint density at radius 1 is 0.608 bits per heavy atom. The number of hydrogen-bond donors (Lipinski definition) is 1. The fourth-order valence-corrected chi connectivity index (χ4v) is 7.24. The molecule has 8 aromatic rings. The lowest BCUT2D eigenvalue weighted by Gasteiger charge is -2.28. The van der Waals surface area contributed by atoms with Crippen molar-refractivity contribution in [2.45, 2.75) is 78.6 Å². The number of pyridine rings is 2. The van der Waals surface area contributed by atoms with Crippen LogP contribution in [-0.4, -0.2) is 19.6 Å². The van der Waals surface area contributed by atoms with Gasteiger partial charge in [0.1, 0.15) is 17.0 Å². The monoisotopic (exact) mass is 671 g/mol. The maximum atomic E-state index is 12.0. The third-order valence-electron chi connectivity index (χ3n) is 10.2. The van der Waals surface area contributed by atoms with Crippen LogP contribution >= 0.6 is 0 Å². The van der Waals surface area contributed by atoms with Gasteiger partial charge >= 0.3 is 0 Å². The summed E-state index contributed by atoms with van der Waals surface area (Å²) in [7, 11) is 0.